The van der Waals surface area contributed by atoms with Gasteiger partial charge >= 0.3 is 11.9 Å². The fraction of sp³-hybridized carbons (Fsp3) is 0.906. The molecule has 348 valence electrons. The number of rotatable bonds is 49. The molecule has 0 fully saturated rings. The lowest BCUT2D eigenvalue weighted by Crippen LogP contribution is -2.28. The smallest absolute Gasteiger partial charge is 0.322 e. The molecule has 0 aliphatic heterocycles. The van der Waals surface area contributed by atoms with Crippen molar-refractivity contribution in [2.45, 2.75) is 302 Å². The molecule has 0 aliphatic carbocycles. The highest BCUT2D eigenvalue weighted by Gasteiger charge is 2.14. The van der Waals surface area contributed by atoms with Gasteiger partial charge in [-0.15, -0.1) is 0 Å². The van der Waals surface area contributed by atoms with E-state index in [1.807, 2.05) is 0 Å². The van der Waals surface area contributed by atoms with Crippen molar-refractivity contribution in [2.75, 3.05) is 6.54 Å². The Morgan fingerprint density at radius 3 is 1.10 bits per heavy atom. The molecule has 0 aliphatic rings. The van der Waals surface area contributed by atoms with Gasteiger partial charge in [-0.2, -0.15) is 0 Å². The Kier molecular flexibility index (Phi) is 47.3. The number of unbranched alkanes of at least 4 members (excludes halogenated alkanes) is 36. The molecule has 0 heterocycles. The standard InChI is InChI=1S/C53H101NO5/c1-3-5-7-9-11-13-15-17-19-20-21-22-23-24-25-27-29-31-33-35-40-44-48-53(58)59-50(46-42-38-36-39-43-47-51(55)54-49-52(56)57)45-41-37-34-32-30-28-26-18-16-14-12-10-8-6-4-2/h28,30,50H,3-27,29,31-49H2,1-2H3,(H,54,55)(H,56,57)/b30-28-. The summed E-state index contributed by atoms with van der Waals surface area (Å²) in [6, 6.07) is 0. The van der Waals surface area contributed by atoms with Crippen LogP contribution in [0.3, 0.4) is 0 Å². The van der Waals surface area contributed by atoms with Crippen LogP contribution in [0.25, 0.3) is 0 Å². The summed E-state index contributed by atoms with van der Waals surface area (Å²) in [7, 11) is 0. The Balaban J connectivity index is 4.04. The second kappa shape index (κ2) is 48.8. The van der Waals surface area contributed by atoms with Crippen molar-refractivity contribution >= 4 is 17.8 Å². The minimum absolute atomic E-state index is 0.0144. The Hall–Kier alpha value is -1.85. The molecule has 0 rings (SSSR count). The van der Waals surface area contributed by atoms with E-state index in [0.717, 1.165) is 70.6 Å². The molecule has 0 radical (unpaired) electrons. The lowest BCUT2D eigenvalue weighted by molar-refractivity contribution is -0.150. The maximum atomic E-state index is 12.9. The molecule has 1 atom stereocenters. The number of hydrogen-bond acceptors (Lipinski definition) is 4. The summed E-state index contributed by atoms with van der Waals surface area (Å²) in [5.41, 5.74) is 0. The molecular formula is C53H101NO5. The summed E-state index contributed by atoms with van der Waals surface area (Å²) in [5, 5.41) is 11.1. The Morgan fingerprint density at radius 2 is 0.729 bits per heavy atom. The zero-order valence-corrected chi connectivity index (χ0v) is 39.6. The molecule has 2 N–H and O–H groups in total. The maximum Gasteiger partial charge on any atom is 0.322 e. The van der Waals surface area contributed by atoms with Crippen molar-refractivity contribution in [1.29, 1.82) is 0 Å². The summed E-state index contributed by atoms with van der Waals surface area (Å²) >= 11 is 0. The van der Waals surface area contributed by atoms with Crippen LogP contribution in [-0.2, 0) is 19.1 Å². The second-order valence-corrected chi connectivity index (χ2v) is 18.1. The number of ether oxygens (including phenoxy) is 1. The van der Waals surface area contributed by atoms with Crippen LogP contribution in [0.5, 0.6) is 0 Å². The molecule has 59 heavy (non-hydrogen) atoms. The molecular weight excluding hydrogens is 731 g/mol. The first-order valence-corrected chi connectivity index (χ1v) is 26.3. The quantitative estimate of drug-likeness (QED) is 0.0362. The van der Waals surface area contributed by atoms with E-state index in [2.05, 4.69) is 31.3 Å². The van der Waals surface area contributed by atoms with Crippen molar-refractivity contribution in [3.8, 4) is 0 Å². The Bertz CT molecular complexity index is 920. The fourth-order valence-corrected chi connectivity index (χ4v) is 8.28. The highest BCUT2D eigenvalue weighted by atomic mass is 16.5. The predicted molar refractivity (Wildman–Crippen MR) is 254 cm³/mol. The summed E-state index contributed by atoms with van der Waals surface area (Å²) in [6.07, 6.45) is 59.4. The van der Waals surface area contributed by atoms with E-state index < -0.39 is 5.97 Å². The van der Waals surface area contributed by atoms with Crippen LogP contribution >= 0.6 is 0 Å². The number of nitrogens with one attached hydrogen (secondary N) is 1. The van der Waals surface area contributed by atoms with Crippen LogP contribution in [0.2, 0.25) is 0 Å². The molecule has 1 amide bonds. The third-order valence-electron chi connectivity index (χ3n) is 12.2. The van der Waals surface area contributed by atoms with Gasteiger partial charge in [0.2, 0.25) is 5.91 Å². The minimum Gasteiger partial charge on any atom is -0.480 e. The molecule has 0 aromatic heterocycles. The zero-order valence-electron chi connectivity index (χ0n) is 39.6. The van der Waals surface area contributed by atoms with Gasteiger partial charge in [0.1, 0.15) is 12.6 Å². The largest absolute Gasteiger partial charge is 0.480 e. The zero-order chi connectivity index (χ0) is 43.0. The molecule has 6 heteroatoms. The monoisotopic (exact) mass is 832 g/mol. The number of carbonyl (C=O) groups is 3. The van der Waals surface area contributed by atoms with Crippen molar-refractivity contribution in [1.82, 2.24) is 5.32 Å². The number of hydrogen-bond donors (Lipinski definition) is 2. The summed E-state index contributed by atoms with van der Waals surface area (Å²) in [4.78, 5) is 35.2. The highest BCUT2D eigenvalue weighted by Crippen LogP contribution is 2.19. The topological polar surface area (TPSA) is 92.7 Å². The molecule has 0 bridgehead atoms. The molecule has 0 aromatic carbocycles. The maximum absolute atomic E-state index is 12.9. The van der Waals surface area contributed by atoms with Crippen LogP contribution < -0.4 is 5.32 Å². The predicted octanol–water partition coefficient (Wildman–Crippen LogP) is 16.9. The number of aliphatic carboxylic acids is 1. The van der Waals surface area contributed by atoms with Gasteiger partial charge in [0.05, 0.1) is 0 Å². The van der Waals surface area contributed by atoms with Crippen LogP contribution in [0.4, 0.5) is 0 Å². The van der Waals surface area contributed by atoms with Gasteiger partial charge in [0.15, 0.2) is 0 Å². The van der Waals surface area contributed by atoms with Crippen LogP contribution in [0, 0.1) is 0 Å². The van der Waals surface area contributed by atoms with Crippen molar-refractivity contribution < 1.29 is 24.2 Å². The number of amides is 1. The van der Waals surface area contributed by atoms with Gasteiger partial charge < -0.3 is 15.2 Å². The fourth-order valence-electron chi connectivity index (χ4n) is 8.28. The third-order valence-corrected chi connectivity index (χ3v) is 12.2. The van der Waals surface area contributed by atoms with Gasteiger partial charge in [-0.05, 0) is 64.2 Å². The highest BCUT2D eigenvalue weighted by molar-refractivity contribution is 5.80. The van der Waals surface area contributed by atoms with E-state index in [-0.39, 0.29) is 24.5 Å². The number of esters is 1. The number of allylic oxidation sites excluding steroid dienone is 2. The van der Waals surface area contributed by atoms with Crippen LogP contribution in [0.15, 0.2) is 12.2 Å². The SMILES string of the molecule is CCCCCCCCCC/C=C\CCCCCC(CCCCCCCC(=O)NCC(=O)O)OC(=O)CCCCCCCCCCCCCCCCCCCCCCCC. The molecule has 6 nitrogen and oxygen atoms in total. The van der Waals surface area contributed by atoms with E-state index in [9.17, 15) is 14.4 Å². The van der Waals surface area contributed by atoms with E-state index in [1.54, 1.807) is 0 Å². The van der Waals surface area contributed by atoms with Gasteiger partial charge in [-0.3, -0.25) is 14.4 Å². The summed E-state index contributed by atoms with van der Waals surface area (Å²) in [6.45, 7) is 4.26. The number of carbonyl (C=O) groups excluding carboxylic acids is 2. The Labute approximate surface area is 367 Å². The average molecular weight is 832 g/mol. The lowest BCUT2D eigenvalue weighted by atomic mass is 10.0. The summed E-state index contributed by atoms with van der Waals surface area (Å²) < 4.78 is 6.07. The van der Waals surface area contributed by atoms with Gasteiger partial charge in [0.25, 0.3) is 0 Å². The van der Waals surface area contributed by atoms with Gasteiger partial charge in [-0.25, -0.2) is 0 Å². The third kappa shape index (κ3) is 48.7. The van der Waals surface area contributed by atoms with E-state index in [0.29, 0.717) is 12.8 Å². The van der Waals surface area contributed by atoms with E-state index in [4.69, 9.17) is 9.84 Å². The Morgan fingerprint density at radius 1 is 0.424 bits per heavy atom. The van der Waals surface area contributed by atoms with Crippen molar-refractivity contribution in [3.05, 3.63) is 12.2 Å². The van der Waals surface area contributed by atoms with E-state index >= 15 is 0 Å². The average Bonchev–Trinajstić information content (AvgIpc) is 3.22. The normalized spacial score (nSPS) is 12.0. The van der Waals surface area contributed by atoms with Gasteiger partial charge in [0, 0.05) is 12.8 Å². The van der Waals surface area contributed by atoms with Crippen LogP contribution in [0.1, 0.15) is 296 Å². The molecule has 0 aromatic rings. The first kappa shape index (κ1) is 57.1. The molecule has 0 saturated heterocycles. The molecule has 0 saturated carbocycles. The lowest BCUT2D eigenvalue weighted by Gasteiger charge is -2.18. The van der Waals surface area contributed by atoms with Crippen molar-refractivity contribution in [3.63, 3.8) is 0 Å². The van der Waals surface area contributed by atoms with Crippen LogP contribution in [-0.4, -0.2) is 35.6 Å². The van der Waals surface area contributed by atoms with E-state index in [1.165, 1.54) is 199 Å². The first-order chi connectivity index (χ1) is 29.0. The molecule has 0 spiro atoms. The van der Waals surface area contributed by atoms with Gasteiger partial charge in [-0.1, -0.05) is 231 Å². The van der Waals surface area contributed by atoms with Crippen molar-refractivity contribution in [2.24, 2.45) is 0 Å². The first-order valence-electron chi connectivity index (χ1n) is 26.3. The molecule has 1 unspecified atom stereocenters. The summed E-state index contributed by atoms with van der Waals surface area (Å²) in [5.74, 6) is -1.22. The number of carboxylic acids is 1. The second-order valence-electron chi connectivity index (χ2n) is 18.1. The number of carboxylic acid groups (broad SMARTS) is 1. The minimum atomic E-state index is -1.01.